The van der Waals surface area contributed by atoms with Crippen molar-refractivity contribution in [2.75, 3.05) is 18.5 Å². The first kappa shape index (κ1) is 26.7. The molecule has 8 nitrogen and oxygen atoms in total. The zero-order chi connectivity index (χ0) is 28.1. The number of benzene rings is 3. The van der Waals surface area contributed by atoms with Crippen molar-refractivity contribution in [2.45, 2.75) is 13.8 Å². The van der Waals surface area contributed by atoms with Crippen LogP contribution in [0, 0.1) is 6.92 Å². The van der Waals surface area contributed by atoms with Crippen molar-refractivity contribution in [3.63, 3.8) is 0 Å². The molecule has 0 radical (unpaired) electrons. The molecule has 0 spiro atoms. The van der Waals surface area contributed by atoms with Crippen LogP contribution in [0.2, 0.25) is 0 Å². The van der Waals surface area contributed by atoms with Crippen LogP contribution >= 0.6 is 11.3 Å². The van der Waals surface area contributed by atoms with Crippen LogP contribution in [0.15, 0.2) is 93.7 Å². The van der Waals surface area contributed by atoms with E-state index in [1.807, 2.05) is 49.4 Å². The number of hydrogen-bond acceptors (Lipinski definition) is 8. The van der Waals surface area contributed by atoms with Gasteiger partial charge >= 0.3 is 5.97 Å². The van der Waals surface area contributed by atoms with Gasteiger partial charge in [-0.05, 0) is 43.7 Å². The first-order valence-electron chi connectivity index (χ1n) is 12.5. The van der Waals surface area contributed by atoms with Crippen LogP contribution in [0.25, 0.3) is 22.1 Å². The van der Waals surface area contributed by atoms with E-state index in [9.17, 15) is 14.4 Å². The molecule has 0 unspecified atom stereocenters. The van der Waals surface area contributed by atoms with Gasteiger partial charge in [-0.2, -0.15) is 0 Å². The van der Waals surface area contributed by atoms with E-state index in [0.717, 1.165) is 11.1 Å². The van der Waals surface area contributed by atoms with Gasteiger partial charge in [0.2, 0.25) is 11.2 Å². The lowest BCUT2D eigenvalue weighted by atomic mass is 10.0. The first-order valence-corrected chi connectivity index (χ1v) is 13.4. The second-order valence-corrected chi connectivity index (χ2v) is 9.66. The predicted molar refractivity (Wildman–Crippen MR) is 154 cm³/mol. The topological polar surface area (TPSA) is 104 Å². The molecule has 0 aliphatic rings. The molecule has 1 N–H and O–H groups in total. The zero-order valence-electron chi connectivity index (χ0n) is 21.8. The Kier molecular flexibility index (Phi) is 7.93. The molecule has 1 amide bonds. The highest BCUT2D eigenvalue weighted by Crippen LogP contribution is 2.36. The maximum absolute atomic E-state index is 12.9. The molecule has 3 aromatic carbocycles. The van der Waals surface area contributed by atoms with Crippen molar-refractivity contribution in [3.8, 4) is 28.4 Å². The lowest BCUT2D eigenvalue weighted by molar-refractivity contribution is -0.118. The van der Waals surface area contributed by atoms with Crippen LogP contribution in [0.3, 0.4) is 0 Å². The molecule has 2 heterocycles. The Labute approximate surface area is 233 Å². The Morgan fingerprint density at radius 2 is 1.73 bits per heavy atom. The zero-order valence-corrected chi connectivity index (χ0v) is 22.6. The summed E-state index contributed by atoms with van der Waals surface area (Å²) in [7, 11) is 0. The van der Waals surface area contributed by atoms with Crippen LogP contribution in [0.1, 0.15) is 22.8 Å². The number of hydrogen-bond donors (Lipinski definition) is 1. The van der Waals surface area contributed by atoms with Crippen molar-refractivity contribution in [1.82, 2.24) is 0 Å². The number of thiophene rings is 1. The smallest absolute Gasteiger partial charge is 0.341 e. The number of ether oxygens (including phenoxy) is 3. The number of fused-ring (bicyclic) bond motifs is 1. The number of amides is 1. The molecule has 2 aromatic heterocycles. The van der Waals surface area contributed by atoms with E-state index in [2.05, 4.69) is 5.32 Å². The summed E-state index contributed by atoms with van der Waals surface area (Å²) in [4.78, 5) is 38.4. The van der Waals surface area contributed by atoms with E-state index in [0.29, 0.717) is 33.0 Å². The molecule has 0 saturated carbocycles. The molecule has 40 heavy (non-hydrogen) atoms. The summed E-state index contributed by atoms with van der Waals surface area (Å²) in [5, 5.41) is 5.24. The molecule has 0 bridgehead atoms. The van der Waals surface area contributed by atoms with Gasteiger partial charge in [0.1, 0.15) is 33.9 Å². The van der Waals surface area contributed by atoms with Crippen molar-refractivity contribution in [3.05, 3.63) is 106 Å². The number of aryl methyl sites for hydroxylation is 1. The standard InChI is InChI=1S/C31H25NO7S/c1-3-36-31(35)28-24(20-7-5-4-6-8-20)18-40-30(28)32-27(33)17-37-22-13-14-23-25(15-22)38-16-26(29(23)34)39-21-11-9-19(2)10-12-21/h4-16,18H,3,17H2,1-2H3,(H,32,33). The highest BCUT2D eigenvalue weighted by molar-refractivity contribution is 7.15. The summed E-state index contributed by atoms with van der Waals surface area (Å²) in [5.74, 6) is -0.0622. The fourth-order valence-electron chi connectivity index (χ4n) is 3.98. The molecule has 0 fully saturated rings. The SMILES string of the molecule is CCOC(=O)c1c(-c2ccccc2)csc1NC(=O)COc1ccc2c(=O)c(Oc3ccc(C)cc3)coc2c1. The largest absolute Gasteiger partial charge is 0.484 e. The number of anilines is 1. The average Bonchev–Trinajstić information content (AvgIpc) is 3.38. The van der Waals surface area contributed by atoms with Gasteiger partial charge in [-0.25, -0.2) is 4.79 Å². The molecular formula is C31H25NO7S. The molecule has 5 rings (SSSR count). The number of rotatable bonds is 9. The molecule has 0 aliphatic carbocycles. The highest BCUT2D eigenvalue weighted by Gasteiger charge is 2.23. The summed E-state index contributed by atoms with van der Waals surface area (Å²) < 4.78 is 22.2. The fourth-order valence-corrected chi connectivity index (χ4v) is 4.96. The maximum atomic E-state index is 12.9. The number of carbonyl (C=O) groups excluding carboxylic acids is 2. The van der Waals surface area contributed by atoms with Gasteiger partial charge in [-0.15, -0.1) is 11.3 Å². The molecule has 202 valence electrons. The van der Waals surface area contributed by atoms with Crippen molar-refractivity contribution in [2.24, 2.45) is 0 Å². The molecular weight excluding hydrogens is 530 g/mol. The quantitative estimate of drug-likeness (QED) is 0.199. The van der Waals surface area contributed by atoms with Gasteiger partial charge in [0.05, 0.1) is 12.0 Å². The average molecular weight is 556 g/mol. The monoisotopic (exact) mass is 555 g/mol. The summed E-state index contributed by atoms with van der Waals surface area (Å²) in [6, 6.07) is 21.4. The minimum atomic E-state index is -0.519. The molecule has 9 heteroatoms. The Balaban J connectivity index is 1.28. The lowest BCUT2D eigenvalue weighted by Crippen LogP contribution is -2.21. The summed E-state index contributed by atoms with van der Waals surface area (Å²) in [6.45, 7) is 3.56. The first-order chi connectivity index (χ1) is 19.4. The van der Waals surface area contributed by atoms with Gasteiger partial charge in [-0.3, -0.25) is 9.59 Å². The van der Waals surface area contributed by atoms with E-state index >= 15 is 0 Å². The van der Waals surface area contributed by atoms with E-state index < -0.39 is 11.9 Å². The molecule has 0 saturated heterocycles. The molecule has 5 aromatic rings. The number of nitrogens with one attached hydrogen (secondary N) is 1. The van der Waals surface area contributed by atoms with Crippen LogP contribution in [-0.4, -0.2) is 25.1 Å². The summed E-state index contributed by atoms with van der Waals surface area (Å²) >= 11 is 1.23. The Hall–Kier alpha value is -4.89. The summed E-state index contributed by atoms with van der Waals surface area (Å²) in [6.07, 6.45) is 1.25. The maximum Gasteiger partial charge on any atom is 0.341 e. The fraction of sp³-hybridized carbons (Fsp3) is 0.129. The second kappa shape index (κ2) is 11.9. The van der Waals surface area contributed by atoms with Gasteiger partial charge in [0.15, 0.2) is 6.61 Å². The Morgan fingerprint density at radius 1 is 0.975 bits per heavy atom. The van der Waals surface area contributed by atoms with Gasteiger partial charge in [-0.1, -0.05) is 48.0 Å². The van der Waals surface area contributed by atoms with Crippen LogP contribution in [0.4, 0.5) is 5.00 Å². The number of esters is 1. The van der Waals surface area contributed by atoms with Gasteiger partial charge in [0.25, 0.3) is 5.91 Å². The van der Waals surface area contributed by atoms with Crippen LogP contribution in [-0.2, 0) is 9.53 Å². The van der Waals surface area contributed by atoms with E-state index in [1.54, 1.807) is 36.6 Å². The van der Waals surface area contributed by atoms with Gasteiger partial charge < -0.3 is 23.9 Å². The summed E-state index contributed by atoms with van der Waals surface area (Å²) in [5.41, 5.74) is 2.84. The third kappa shape index (κ3) is 5.89. The molecule has 0 aliphatic heterocycles. The third-order valence-electron chi connectivity index (χ3n) is 5.94. The minimum Gasteiger partial charge on any atom is -0.484 e. The lowest BCUT2D eigenvalue weighted by Gasteiger charge is -2.10. The van der Waals surface area contributed by atoms with Crippen molar-refractivity contribution >= 4 is 39.2 Å². The normalized spacial score (nSPS) is 10.8. The van der Waals surface area contributed by atoms with E-state index in [1.165, 1.54) is 23.7 Å². The predicted octanol–water partition coefficient (Wildman–Crippen LogP) is 6.82. The van der Waals surface area contributed by atoms with Gasteiger partial charge in [0, 0.05) is 17.0 Å². The third-order valence-corrected chi connectivity index (χ3v) is 6.84. The van der Waals surface area contributed by atoms with Crippen LogP contribution in [0.5, 0.6) is 17.2 Å². The number of carbonyl (C=O) groups is 2. The van der Waals surface area contributed by atoms with E-state index in [4.69, 9.17) is 18.6 Å². The van der Waals surface area contributed by atoms with Crippen molar-refractivity contribution in [1.29, 1.82) is 0 Å². The van der Waals surface area contributed by atoms with Crippen molar-refractivity contribution < 1.29 is 28.2 Å². The Bertz CT molecular complexity index is 1720. The second-order valence-electron chi connectivity index (χ2n) is 8.78. The van der Waals surface area contributed by atoms with Crippen LogP contribution < -0.4 is 20.2 Å². The van der Waals surface area contributed by atoms with E-state index in [-0.39, 0.29) is 30.0 Å². The minimum absolute atomic E-state index is 0.0626. The Morgan fingerprint density at radius 3 is 2.48 bits per heavy atom. The molecule has 0 atom stereocenters. The highest BCUT2D eigenvalue weighted by atomic mass is 32.1.